The van der Waals surface area contributed by atoms with Crippen LogP contribution in [0.2, 0.25) is 0 Å². The Balaban J connectivity index is 1.61. The topological polar surface area (TPSA) is 116 Å². The number of hydrogen-bond donors (Lipinski definition) is 1. The highest BCUT2D eigenvalue weighted by Gasteiger charge is 2.45. The van der Waals surface area contributed by atoms with Crippen molar-refractivity contribution in [3.8, 4) is 0 Å². The fourth-order valence-corrected chi connectivity index (χ4v) is 5.39. The summed E-state index contributed by atoms with van der Waals surface area (Å²) < 4.78 is 18.1. The van der Waals surface area contributed by atoms with E-state index in [4.69, 9.17) is 14.2 Å². The smallest absolute Gasteiger partial charge is 0.302 e. The summed E-state index contributed by atoms with van der Waals surface area (Å²) >= 11 is 0. The number of aryl methyl sites for hydroxylation is 1. The van der Waals surface area contributed by atoms with Crippen molar-refractivity contribution in [3.63, 3.8) is 0 Å². The van der Waals surface area contributed by atoms with Crippen molar-refractivity contribution >= 4 is 11.8 Å². The lowest BCUT2D eigenvalue weighted by molar-refractivity contribution is -0.193. The molecule has 9 heteroatoms. The van der Waals surface area contributed by atoms with Gasteiger partial charge in [-0.1, -0.05) is 50.3 Å². The van der Waals surface area contributed by atoms with Gasteiger partial charge in [0, 0.05) is 44.6 Å². The molecule has 202 valence electrons. The van der Waals surface area contributed by atoms with E-state index in [1.165, 1.54) is 6.92 Å². The van der Waals surface area contributed by atoms with Crippen molar-refractivity contribution in [1.82, 2.24) is 20.6 Å². The van der Waals surface area contributed by atoms with Crippen LogP contribution in [0.3, 0.4) is 0 Å². The fourth-order valence-electron chi connectivity index (χ4n) is 5.39. The van der Waals surface area contributed by atoms with Gasteiger partial charge in [-0.25, -0.2) is 0 Å². The Kier molecular flexibility index (Phi) is 12.5. The summed E-state index contributed by atoms with van der Waals surface area (Å²) in [5.41, 5.74) is 0. The minimum atomic E-state index is -0.266. The molecule has 0 amide bonds. The van der Waals surface area contributed by atoms with Gasteiger partial charge in [-0.2, -0.15) is 5.21 Å². The van der Waals surface area contributed by atoms with Crippen LogP contribution in [0.5, 0.6) is 0 Å². The number of ketones is 1. The maximum Gasteiger partial charge on any atom is 0.302 e. The molecule has 9 nitrogen and oxygen atoms in total. The second kappa shape index (κ2) is 15.9. The van der Waals surface area contributed by atoms with Gasteiger partial charge in [0.25, 0.3) is 0 Å². The zero-order valence-electron chi connectivity index (χ0n) is 22.0. The van der Waals surface area contributed by atoms with Gasteiger partial charge in [-0.05, 0) is 44.6 Å². The molecule has 1 aliphatic carbocycles. The molecule has 0 bridgehead atoms. The van der Waals surface area contributed by atoms with Crippen molar-refractivity contribution in [2.24, 2.45) is 11.8 Å². The summed E-state index contributed by atoms with van der Waals surface area (Å²) in [6.07, 6.45) is 16.5. The van der Waals surface area contributed by atoms with Crippen LogP contribution in [-0.4, -0.2) is 57.5 Å². The minimum absolute atomic E-state index is 0.0225. The number of rotatable bonds is 16. The Labute approximate surface area is 215 Å². The number of unbranched alkanes of at least 4 members (excludes halogenated alkanes) is 5. The van der Waals surface area contributed by atoms with Gasteiger partial charge in [0.05, 0.1) is 6.10 Å². The fraction of sp³-hybridized carbons (Fsp3) is 0.815. The van der Waals surface area contributed by atoms with Crippen LogP contribution in [0.15, 0.2) is 12.2 Å². The Morgan fingerprint density at radius 1 is 1.11 bits per heavy atom. The second-order valence-electron chi connectivity index (χ2n) is 10.2. The standard InChI is InChI=1S/C27H44N4O5/c1-3-4-7-12-21(33)16-17-23-22(13-8-5-6-9-14-26-28-30-31-29-26)24(35-20(2)32)19-25(23)36-27-15-10-11-18-34-27/h16-17,22-25,27H,3-15,18-19H2,1-2H3,(H,28,29,30,31). The highest BCUT2D eigenvalue weighted by atomic mass is 16.7. The van der Waals surface area contributed by atoms with E-state index in [2.05, 4.69) is 27.5 Å². The molecule has 2 aliphatic rings. The lowest BCUT2D eigenvalue weighted by atomic mass is 9.87. The first-order chi connectivity index (χ1) is 17.6. The molecule has 1 aromatic rings. The average molecular weight is 505 g/mol. The maximum absolute atomic E-state index is 12.5. The number of H-pyrrole nitrogens is 1. The molecule has 2 fully saturated rings. The third-order valence-electron chi connectivity index (χ3n) is 7.26. The van der Waals surface area contributed by atoms with E-state index in [9.17, 15) is 9.59 Å². The summed E-state index contributed by atoms with van der Waals surface area (Å²) in [4.78, 5) is 24.4. The Morgan fingerprint density at radius 2 is 1.97 bits per heavy atom. The van der Waals surface area contributed by atoms with E-state index in [0.29, 0.717) is 19.4 Å². The molecule has 36 heavy (non-hydrogen) atoms. The number of carbonyl (C=O) groups excluding carboxylic acids is 2. The molecule has 1 saturated heterocycles. The SMILES string of the molecule is CCCCCC(=O)C=CC1C(OC2CCCCO2)CC(OC(C)=O)C1CCCCCCc1nn[nH]n1. The summed E-state index contributed by atoms with van der Waals surface area (Å²) in [6, 6.07) is 0. The van der Waals surface area contributed by atoms with Crippen LogP contribution in [0.1, 0.15) is 103 Å². The lowest BCUT2D eigenvalue weighted by Gasteiger charge is -2.29. The predicted octanol–water partition coefficient (Wildman–Crippen LogP) is 4.88. The molecule has 0 spiro atoms. The van der Waals surface area contributed by atoms with Gasteiger partial charge >= 0.3 is 5.97 Å². The first-order valence-electron chi connectivity index (χ1n) is 13.9. The third kappa shape index (κ3) is 9.73. The van der Waals surface area contributed by atoms with E-state index in [1.54, 1.807) is 6.08 Å². The Hall–Kier alpha value is -2.13. The van der Waals surface area contributed by atoms with Crippen LogP contribution < -0.4 is 0 Å². The van der Waals surface area contributed by atoms with E-state index < -0.39 is 0 Å². The van der Waals surface area contributed by atoms with Gasteiger partial charge in [0.2, 0.25) is 0 Å². The Bertz CT molecular complexity index is 794. The number of aromatic amines is 1. The third-order valence-corrected chi connectivity index (χ3v) is 7.26. The highest BCUT2D eigenvalue weighted by molar-refractivity contribution is 5.89. The molecular formula is C27H44N4O5. The van der Waals surface area contributed by atoms with Crippen molar-refractivity contribution in [3.05, 3.63) is 18.0 Å². The number of hydrogen-bond acceptors (Lipinski definition) is 8. The molecule has 5 unspecified atom stereocenters. The van der Waals surface area contributed by atoms with Gasteiger partial charge in [-0.15, -0.1) is 10.2 Å². The zero-order valence-corrected chi connectivity index (χ0v) is 22.0. The van der Waals surface area contributed by atoms with Gasteiger partial charge < -0.3 is 14.2 Å². The monoisotopic (exact) mass is 504 g/mol. The molecule has 3 rings (SSSR count). The first-order valence-corrected chi connectivity index (χ1v) is 13.9. The molecular weight excluding hydrogens is 460 g/mol. The highest BCUT2D eigenvalue weighted by Crippen LogP contribution is 2.41. The van der Waals surface area contributed by atoms with Crippen molar-refractivity contribution in [2.45, 2.75) is 122 Å². The van der Waals surface area contributed by atoms with E-state index in [0.717, 1.165) is 82.9 Å². The number of aromatic nitrogens is 4. The van der Waals surface area contributed by atoms with Crippen LogP contribution in [0.4, 0.5) is 0 Å². The molecule has 0 radical (unpaired) electrons. The Morgan fingerprint density at radius 3 is 2.69 bits per heavy atom. The van der Waals surface area contributed by atoms with Gasteiger partial charge in [0.1, 0.15) is 6.10 Å². The summed E-state index contributed by atoms with van der Waals surface area (Å²) in [5, 5.41) is 14.1. The summed E-state index contributed by atoms with van der Waals surface area (Å²) in [6.45, 7) is 4.32. The molecule has 1 N–H and O–H groups in total. The number of allylic oxidation sites excluding steroid dienone is 1. The molecule has 1 aliphatic heterocycles. The van der Waals surface area contributed by atoms with E-state index in [-0.39, 0.29) is 42.1 Å². The summed E-state index contributed by atoms with van der Waals surface area (Å²) in [5.74, 6) is 0.790. The van der Waals surface area contributed by atoms with E-state index in [1.807, 2.05) is 6.08 Å². The van der Waals surface area contributed by atoms with Gasteiger partial charge in [0.15, 0.2) is 17.9 Å². The van der Waals surface area contributed by atoms with Crippen molar-refractivity contribution < 1.29 is 23.8 Å². The molecule has 5 atom stereocenters. The predicted molar refractivity (Wildman–Crippen MR) is 135 cm³/mol. The zero-order chi connectivity index (χ0) is 25.6. The normalized spacial score (nSPS) is 26.4. The molecule has 1 aromatic heterocycles. The van der Waals surface area contributed by atoms with Crippen LogP contribution in [-0.2, 0) is 30.2 Å². The number of nitrogens with one attached hydrogen (secondary N) is 1. The van der Waals surface area contributed by atoms with Gasteiger partial charge in [-0.3, -0.25) is 9.59 Å². The van der Waals surface area contributed by atoms with Crippen molar-refractivity contribution in [1.29, 1.82) is 0 Å². The average Bonchev–Trinajstić information content (AvgIpc) is 3.48. The van der Waals surface area contributed by atoms with Crippen molar-refractivity contribution in [2.75, 3.05) is 6.61 Å². The molecule has 1 saturated carbocycles. The van der Waals surface area contributed by atoms with Crippen LogP contribution in [0, 0.1) is 11.8 Å². The van der Waals surface area contributed by atoms with Crippen LogP contribution >= 0.6 is 0 Å². The second-order valence-corrected chi connectivity index (χ2v) is 10.2. The summed E-state index contributed by atoms with van der Waals surface area (Å²) in [7, 11) is 0. The maximum atomic E-state index is 12.5. The number of tetrazole rings is 1. The van der Waals surface area contributed by atoms with E-state index >= 15 is 0 Å². The lowest BCUT2D eigenvalue weighted by Crippen LogP contribution is -2.30. The molecule has 0 aromatic carbocycles. The first kappa shape index (κ1) is 28.4. The largest absolute Gasteiger partial charge is 0.462 e. The number of ether oxygens (including phenoxy) is 3. The number of esters is 1. The quantitative estimate of drug-likeness (QED) is 0.192. The van der Waals surface area contributed by atoms with Crippen LogP contribution in [0.25, 0.3) is 0 Å². The molecule has 2 heterocycles. The number of carbonyl (C=O) groups is 2. The minimum Gasteiger partial charge on any atom is -0.462 e. The number of nitrogens with zero attached hydrogens (tertiary/aromatic N) is 3.